The van der Waals surface area contributed by atoms with Crippen LogP contribution in [0.1, 0.15) is 40.9 Å². The first-order chi connectivity index (χ1) is 14.9. The second-order valence-corrected chi connectivity index (χ2v) is 7.62. The predicted molar refractivity (Wildman–Crippen MR) is 113 cm³/mol. The number of nitriles is 1. The van der Waals surface area contributed by atoms with E-state index in [0.717, 1.165) is 0 Å². The van der Waals surface area contributed by atoms with Gasteiger partial charge in [-0.2, -0.15) is 5.26 Å². The van der Waals surface area contributed by atoms with Crippen molar-refractivity contribution in [2.45, 2.75) is 26.1 Å². The van der Waals surface area contributed by atoms with Crippen molar-refractivity contribution < 1.29 is 14.3 Å². The molecule has 0 spiro atoms. The summed E-state index contributed by atoms with van der Waals surface area (Å²) in [6.45, 7) is 3.75. The first-order valence-electron chi connectivity index (χ1n) is 9.62. The van der Waals surface area contributed by atoms with Gasteiger partial charge in [-0.15, -0.1) is 0 Å². The third-order valence-corrected chi connectivity index (χ3v) is 4.75. The Labute approximate surface area is 178 Å². The van der Waals surface area contributed by atoms with Crippen LogP contribution in [0.25, 0.3) is 5.70 Å². The highest BCUT2D eigenvalue weighted by Gasteiger charge is 2.28. The molecule has 0 aliphatic carbocycles. The fourth-order valence-corrected chi connectivity index (χ4v) is 3.33. The molecule has 3 aromatic rings. The smallest absolute Gasteiger partial charge is 0.340 e. The van der Waals surface area contributed by atoms with Gasteiger partial charge in [-0.25, -0.2) is 4.79 Å². The Bertz CT molecular complexity index is 1280. The standard InChI is InChI=1S/C24H19N3O4/c1-24(2)12-20(19-10-16(13-25)5-6-21(19)31-24)27-9-7-17(11-22(27)28)15-30-23(29)18-4-3-8-26-14-18/h3-12,14H,15H2,1-2H3. The topological polar surface area (TPSA) is 94.2 Å². The molecule has 0 N–H and O–H groups in total. The molecule has 0 unspecified atom stereocenters. The zero-order valence-electron chi connectivity index (χ0n) is 17.0. The molecule has 4 rings (SSSR count). The van der Waals surface area contributed by atoms with E-state index in [1.54, 1.807) is 48.8 Å². The molecule has 0 radical (unpaired) electrons. The number of rotatable bonds is 4. The largest absolute Gasteiger partial charge is 0.483 e. The van der Waals surface area contributed by atoms with Crippen LogP contribution in [0, 0.1) is 11.3 Å². The molecule has 1 aromatic carbocycles. The van der Waals surface area contributed by atoms with Crippen molar-refractivity contribution >= 4 is 11.7 Å². The third-order valence-electron chi connectivity index (χ3n) is 4.75. The van der Waals surface area contributed by atoms with Gasteiger partial charge in [0, 0.05) is 30.2 Å². The molecule has 0 saturated carbocycles. The lowest BCUT2D eigenvalue weighted by Crippen LogP contribution is -2.32. The summed E-state index contributed by atoms with van der Waals surface area (Å²) in [5.41, 5.74) is 1.76. The average molecular weight is 413 g/mol. The Morgan fingerprint density at radius 1 is 1.26 bits per heavy atom. The number of carbonyl (C=O) groups is 1. The summed E-state index contributed by atoms with van der Waals surface area (Å²) in [6.07, 6.45) is 6.47. The van der Waals surface area contributed by atoms with E-state index in [2.05, 4.69) is 11.1 Å². The molecule has 1 aliphatic heterocycles. The van der Waals surface area contributed by atoms with Gasteiger partial charge in [-0.05, 0) is 61.9 Å². The van der Waals surface area contributed by atoms with Gasteiger partial charge in [-0.3, -0.25) is 14.3 Å². The predicted octanol–water partition coefficient (Wildman–Crippen LogP) is 3.53. The molecule has 1 aliphatic rings. The van der Waals surface area contributed by atoms with Gasteiger partial charge >= 0.3 is 5.97 Å². The minimum Gasteiger partial charge on any atom is -0.483 e. The number of carbonyl (C=O) groups excluding carboxylic acids is 1. The van der Waals surface area contributed by atoms with Gasteiger partial charge in [0.25, 0.3) is 5.56 Å². The molecule has 0 amide bonds. The van der Waals surface area contributed by atoms with Crippen molar-refractivity contribution in [1.82, 2.24) is 9.55 Å². The molecule has 7 heteroatoms. The fourth-order valence-electron chi connectivity index (χ4n) is 3.33. The van der Waals surface area contributed by atoms with E-state index in [4.69, 9.17) is 9.47 Å². The Kier molecular flexibility index (Phi) is 5.14. The Morgan fingerprint density at radius 2 is 2.10 bits per heavy atom. The van der Waals surface area contributed by atoms with Gasteiger partial charge in [0.15, 0.2) is 0 Å². The Hall–Kier alpha value is -4.18. The summed E-state index contributed by atoms with van der Waals surface area (Å²) in [5, 5.41) is 9.25. The van der Waals surface area contributed by atoms with Crippen LogP contribution in [0.2, 0.25) is 0 Å². The van der Waals surface area contributed by atoms with Gasteiger partial charge in [0.05, 0.1) is 22.9 Å². The maximum atomic E-state index is 12.9. The van der Waals surface area contributed by atoms with Crippen molar-refractivity contribution in [1.29, 1.82) is 5.26 Å². The summed E-state index contributed by atoms with van der Waals surface area (Å²) >= 11 is 0. The van der Waals surface area contributed by atoms with Crippen molar-refractivity contribution in [3.63, 3.8) is 0 Å². The summed E-state index contributed by atoms with van der Waals surface area (Å²) in [5.74, 6) is 0.0898. The number of pyridine rings is 2. The molecular formula is C24H19N3O4. The van der Waals surface area contributed by atoms with E-state index in [1.807, 2.05) is 19.9 Å². The van der Waals surface area contributed by atoms with Gasteiger partial charge < -0.3 is 9.47 Å². The van der Waals surface area contributed by atoms with Crippen molar-refractivity contribution in [2.24, 2.45) is 0 Å². The highest BCUT2D eigenvalue weighted by Crippen LogP contribution is 2.36. The quantitative estimate of drug-likeness (QED) is 0.608. The molecule has 31 heavy (non-hydrogen) atoms. The van der Waals surface area contributed by atoms with E-state index >= 15 is 0 Å². The molecule has 0 fully saturated rings. The highest BCUT2D eigenvalue weighted by molar-refractivity contribution is 5.88. The second kappa shape index (κ2) is 7.92. The van der Waals surface area contributed by atoms with E-state index in [0.29, 0.717) is 33.7 Å². The minimum atomic E-state index is -0.631. The molecule has 0 saturated heterocycles. The van der Waals surface area contributed by atoms with Crippen LogP contribution in [-0.4, -0.2) is 21.1 Å². The van der Waals surface area contributed by atoms with Crippen LogP contribution in [0.4, 0.5) is 0 Å². The molecule has 0 atom stereocenters. The van der Waals surface area contributed by atoms with Crippen LogP contribution < -0.4 is 10.3 Å². The lowest BCUT2D eigenvalue weighted by molar-refractivity contribution is 0.0472. The Morgan fingerprint density at radius 3 is 2.81 bits per heavy atom. The van der Waals surface area contributed by atoms with Crippen LogP contribution in [0.3, 0.4) is 0 Å². The Balaban J connectivity index is 1.62. The number of ether oxygens (including phenoxy) is 2. The number of hydrogen-bond donors (Lipinski definition) is 0. The lowest BCUT2D eigenvalue weighted by atomic mass is 9.97. The van der Waals surface area contributed by atoms with Gasteiger partial charge in [0.2, 0.25) is 0 Å². The van der Waals surface area contributed by atoms with Crippen molar-refractivity contribution in [3.05, 3.63) is 99.7 Å². The lowest BCUT2D eigenvalue weighted by Gasteiger charge is -2.31. The van der Waals surface area contributed by atoms with Crippen molar-refractivity contribution in [3.8, 4) is 11.8 Å². The molecule has 154 valence electrons. The number of nitrogens with zero attached hydrogens (tertiary/aromatic N) is 3. The third kappa shape index (κ3) is 4.23. The number of fused-ring (bicyclic) bond motifs is 1. The maximum Gasteiger partial charge on any atom is 0.340 e. The molecule has 0 bridgehead atoms. The monoisotopic (exact) mass is 413 g/mol. The van der Waals surface area contributed by atoms with Crippen LogP contribution in [-0.2, 0) is 11.3 Å². The minimum absolute atomic E-state index is 0.0351. The normalized spacial score (nSPS) is 13.9. The summed E-state index contributed by atoms with van der Waals surface area (Å²) in [7, 11) is 0. The maximum absolute atomic E-state index is 12.9. The number of hydrogen-bond acceptors (Lipinski definition) is 6. The first kappa shape index (κ1) is 20.1. The molecule has 3 heterocycles. The van der Waals surface area contributed by atoms with E-state index in [1.165, 1.54) is 16.8 Å². The average Bonchev–Trinajstić information content (AvgIpc) is 2.77. The molecule has 2 aromatic heterocycles. The second-order valence-electron chi connectivity index (χ2n) is 7.62. The fraction of sp³-hybridized carbons (Fsp3) is 0.167. The summed E-state index contributed by atoms with van der Waals surface area (Å²) < 4.78 is 12.8. The zero-order valence-corrected chi connectivity index (χ0v) is 17.0. The SMILES string of the molecule is CC1(C)C=C(n2ccc(COC(=O)c3cccnc3)cc2=O)c2cc(C#N)ccc2O1. The van der Waals surface area contributed by atoms with E-state index < -0.39 is 11.6 Å². The van der Waals surface area contributed by atoms with Gasteiger partial charge in [0.1, 0.15) is 18.0 Å². The number of benzene rings is 1. The summed E-state index contributed by atoms with van der Waals surface area (Å²) in [6, 6.07) is 13.6. The molecular weight excluding hydrogens is 394 g/mol. The number of aromatic nitrogens is 2. The highest BCUT2D eigenvalue weighted by atomic mass is 16.5. The van der Waals surface area contributed by atoms with Crippen LogP contribution in [0.5, 0.6) is 5.75 Å². The van der Waals surface area contributed by atoms with E-state index in [9.17, 15) is 14.9 Å². The summed E-state index contributed by atoms with van der Waals surface area (Å²) in [4.78, 5) is 28.9. The van der Waals surface area contributed by atoms with Crippen molar-refractivity contribution in [2.75, 3.05) is 0 Å². The van der Waals surface area contributed by atoms with Crippen LogP contribution >= 0.6 is 0 Å². The van der Waals surface area contributed by atoms with Gasteiger partial charge in [-0.1, -0.05) is 0 Å². The number of esters is 1. The molecule has 7 nitrogen and oxygen atoms in total. The van der Waals surface area contributed by atoms with E-state index in [-0.39, 0.29) is 12.2 Å². The van der Waals surface area contributed by atoms with Crippen LogP contribution in [0.15, 0.2) is 71.9 Å². The zero-order chi connectivity index (χ0) is 22.0. The first-order valence-corrected chi connectivity index (χ1v) is 9.62.